The van der Waals surface area contributed by atoms with E-state index in [1.54, 1.807) is 6.07 Å². The lowest BCUT2D eigenvalue weighted by Crippen LogP contribution is -2.15. The van der Waals surface area contributed by atoms with Crippen molar-refractivity contribution in [1.29, 1.82) is 0 Å². The molecule has 7 heteroatoms. The van der Waals surface area contributed by atoms with Crippen LogP contribution in [0.1, 0.15) is 18.7 Å². The van der Waals surface area contributed by atoms with Gasteiger partial charge in [-0.25, -0.2) is 4.39 Å². The van der Waals surface area contributed by atoms with Gasteiger partial charge in [-0.15, -0.1) is 5.10 Å². The lowest BCUT2D eigenvalue weighted by molar-refractivity contribution is 0.478. The van der Waals surface area contributed by atoms with E-state index in [0.717, 1.165) is 0 Å². The lowest BCUT2D eigenvalue weighted by atomic mass is 10.3. The van der Waals surface area contributed by atoms with Gasteiger partial charge in [0.05, 0.1) is 17.3 Å². The Morgan fingerprint density at radius 3 is 2.95 bits per heavy atom. The molecule has 0 unspecified atom stereocenters. The van der Waals surface area contributed by atoms with E-state index in [1.807, 2.05) is 0 Å². The first kappa shape index (κ1) is 12.4. The summed E-state index contributed by atoms with van der Waals surface area (Å²) in [5, 5.41) is 13.9. The molecule has 1 fully saturated rings. The largest absolute Gasteiger partial charge is 0.406 e. The Bertz CT molecular complexity index is 565. The summed E-state index contributed by atoms with van der Waals surface area (Å²) in [5.74, 6) is -0.00906. The van der Waals surface area contributed by atoms with E-state index < -0.39 is 5.82 Å². The van der Waals surface area contributed by atoms with Crippen LogP contribution in [0.5, 0.6) is 0 Å². The molecule has 100 valence electrons. The van der Waals surface area contributed by atoms with Crippen LogP contribution in [0, 0.1) is 5.82 Å². The Morgan fingerprint density at radius 2 is 2.21 bits per heavy atom. The van der Waals surface area contributed by atoms with Crippen molar-refractivity contribution >= 4 is 23.3 Å². The molecule has 0 atom stereocenters. The molecule has 19 heavy (non-hydrogen) atoms. The van der Waals surface area contributed by atoms with Gasteiger partial charge in [0.2, 0.25) is 5.89 Å². The number of benzene rings is 1. The highest BCUT2D eigenvalue weighted by molar-refractivity contribution is 6.33. The predicted molar refractivity (Wildman–Crippen MR) is 68.9 cm³/mol. The second-order valence-corrected chi connectivity index (χ2v) is 4.78. The topological polar surface area (TPSA) is 63.0 Å². The highest BCUT2D eigenvalue weighted by Crippen LogP contribution is 2.27. The van der Waals surface area contributed by atoms with Crippen LogP contribution < -0.4 is 10.6 Å². The minimum absolute atomic E-state index is 0.125. The Labute approximate surface area is 114 Å². The maximum Gasteiger partial charge on any atom is 0.320 e. The normalized spacial score (nSPS) is 14.6. The molecule has 0 bridgehead atoms. The first-order valence-corrected chi connectivity index (χ1v) is 6.37. The zero-order chi connectivity index (χ0) is 13.2. The van der Waals surface area contributed by atoms with Crippen molar-refractivity contribution in [2.45, 2.75) is 25.4 Å². The molecule has 3 rings (SSSR count). The number of rotatable bonds is 5. The monoisotopic (exact) mass is 282 g/mol. The van der Waals surface area contributed by atoms with Crippen molar-refractivity contribution < 1.29 is 8.81 Å². The van der Waals surface area contributed by atoms with Gasteiger partial charge in [0.15, 0.2) is 0 Å². The Hall–Kier alpha value is -1.66. The summed E-state index contributed by atoms with van der Waals surface area (Å²) in [6.45, 7) is 0.518. The zero-order valence-corrected chi connectivity index (χ0v) is 10.7. The number of halogens is 2. The van der Waals surface area contributed by atoms with Crippen LogP contribution in [0.3, 0.4) is 0 Å². The SMILES string of the molecule is Fc1cccc(Cl)c1Nc1nnc(CNC2CC2)o1. The fraction of sp³-hybridized carbons (Fsp3) is 0.333. The van der Waals surface area contributed by atoms with E-state index >= 15 is 0 Å². The second-order valence-electron chi connectivity index (χ2n) is 4.38. The maximum absolute atomic E-state index is 13.6. The fourth-order valence-electron chi connectivity index (χ4n) is 1.62. The van der Waals surface area contributed by atoms with Crippen LogP contribution >= 0.6 is 11.6 Å². The average molecular weight is 283 g/mol. The minimum atomic E-state index is -0.469. The molecule has 0 aliphatic heterocycles. The van der Waals surface area contributed by atoms with E-state index in [4.69, 9.17) is 16.0 Å². The van der Waals surface area contributed by atoms with E-state index in [9.17, 15) is 4.39 Å². The number of hydrogen-bond donors (Lipinski definition) is 2. The molecule has 5 nitrogen and oxygen atoms in total. The molecule has 2 aromatic rings. The van der Waals surface area contributed by atoms with Gasteiger partial charge >= 0.3 is 6.01 Å². The van der Waals surface area contributed by atoms with Crippen molar-refractivity contribution in [2.75, 3.05) is 5.32 Å². The van der Waals surface area contributed by atoms with Crippen LogP contribution in [0.4, 0.5) is 16.1 Å². The number of nitrogens with one attached hydrogen (secondary N) is 2. The molecule has 0 saturated heterocycles. The summed E-state index contributed by atoms with van der Waals surface area (Å²) in [7, 11) is 0. The molecule has 1 heterocycles. The van der Waals surface area contributed by atoms with Crippen LogP contribution in [0.2, 0.25) is 5.02 Å². The summed E-state index contributed by atoms with van der Waals surface area (Å²) < 4.78 is 18.9. The van der Waals surface area contributed by atoms with E-state index in [0.29, 0.717) is 18.5 Å². The van der Waals surface area contributed by atoms with Gasteiger partial charge in [-0.3, -0.25) is 0 Å². The molecule has 1 aromatic carbocycles. The molecular weight excluding hydrogens is 271 g/mol. The predicted octanol–water partition coefficient (Wildman–Crippen LogP) is 2.86. The van der Waals surface area contributed by atoms with Crippen molar-refractivity contribution in [2.24, 2.45) is 0 Å². The van der Waals surface area contributed by atoms with Gasteiger partial charge in [-0.2, -0.15) is 0 Å². The number of aromatic nitrogens is 2. The van der Waals surface area contributed by atoms with Crippen LogP contribution in [0.15, 0.2) is 22.6 Å². The summed E-state index contributed by atoms with van der Waals surface area (Å²) in [6.07, 6.45) is 2.37. The van der Waals surface area contributed by atoms with E-state index in [1.165, 1.54) is 25.0 Å². The van der Waals surface area contributed by atoms with Crippen molar-refractivity contribution in [3.05, 3.63) is 34.9 Å². The smallest absolute Gasteiger partial charge is 0.320 e. The van der Waals surface area contributed by atoms with Crippen molar-refractivity contribution in [3.8, 4) is 0 Å². The molecule has 1 aliphatic rings. The van der Waals surface area contributed by atoms with Gasteiger partial charge in [-0.1, -0.05) is 22.8 Å². The van der Waals surface area contributed by atoms with E-state index in [-0.39, 0.29) is 16.7 Å². The minimum Gasteiger partial charge on any atom is -0.406 e. The zero-order valence-electron chi connectivity index (χ0n) is 9.99. The number of anilines is 2. The van der Waals surface area contributed by atoms with Gasteiger partial charge in [0.1, 0.15) is 5.82 Å². The fourth-order valence-corrected chi connectivity index (χ4v) is 1.83. The van der Waals surface area contributed by atoms with E-state index in [2.05, 4.69) is 20.8 Å². The Balaban J connectivity index is 1.68. The Morgan fingerprint density at radius 1 is 1.37 bits per heavy atom. The molecule has 1 saturated carbocycles. The quantitative estimate of drug-likeness (QED) is 0.883. The van der Waals surface area contributed by atoms with Crippen LogP contribution in [-0.4, -0.2) is 16.2 Å². The molecule has 2 N–H and O–H groups in total. The summed E-state index contributed by atoms with van der Waals surface area (Å²) in [6, 6.07) is 5.10. The first-order chi connectivity index (χ1) is 9.22. The summed E-state index contributed by atoms with van der Waals surface area (Å²) in [5.41, 5.74) is 0.134. The van der Waals surface area contributed by atoms with Gasteiger partial charge in [0.25, 0.3) is 0 Å². The van der Waals surface area contributed by atoms with Gasteiger partial charge in [0, 0.05) is 6.04 Å². The lowest BCUT2D eigenvalue weighted by Gasteiger charge is -2.04. The van der Waals surface area contributed by atoms with Crippen LogP contribution in [-0.2, 0) is 6.54 Å². The maximum atomic E-state index is 13.6. The standard InChI is InChI=1S/C12H12ClFN4O/c13-8-2-1-3-9(14)11(8)16-12-18-17-10(19-12)6-15-7-4-5-7/h1-3,7,15H,4-6H2,(H,16,18). The second kappa shape index (κ2) is 5.14. The van der Waals surface area contributed by atoms with Gasteiger partial charge < -0.3 is 15.1 Å². The molecule has 0 radical (unpaired) electrons. The summed E-state index contributed by atoms with van der Waals surface area (Å²) in [4.78, 5) is 0. The average Bonchev–Trinajstić information content (AvgIpc) is 3.11. The molecule has 0 amide bonds. The third-order valence-corrected chi connectivity index (χ3v) is 3.10. The van der Waals surface area contributed by atoms with Gasteiger partial charge in [-0.05, 0) is 25.0 Å². The number of hydrogen-bond acceptors (Lipinski definition) is 5. The molecular formula is C12H12ClFN4O. The Kier molecular flexibility index (Phi) is 3.35. The third-order valence-electron chi connectivity index (χ3n) is 2.78. The number of para-hydroxylation sites is 1. The van der Waals surface area contributed by atoms with Crippen molar-refractivity contribution in [1.82, 2.24) is 15.5 Å². The third kappa shape index (κ3) is 3.02. The molecule has 0 spiro atoms. The highest BCUT2D eigenvalue weighted by Gasteiger charge is 2.21. The van der Waals surface area contributed by atoms with Crippen LogP contribution in [0.25, 0.3) is 0 Å². The number of nitrogens with zero attached hydrogens (tertiary/aromatic N) is 2. The first-order valence-electron chi connectivity index (χ1n) is 5.99. The molecule has 1 aliphatic carbocycles. The summed E-state index contributed by atoms with van der Waals surface area (Å²) >= 11 is 5.89. The molecule has 1 aromatic heterocycles. The highest BCUT2D eigenvalue weighted by atomic mass is 35.5. The van der Waals surface area contributed by atoms with Crippen molar-refractivity contribution in [3.63, 3.8) is 0 Å².